The number of alkyl carbamates (subject to hydrolysis) is 1. The highest BCUT2D eigenvalue weighted by molar-refractivity contribution is 14.1. The van der Waals surface area contributed by atoms with Gasteiger partial charge in [-0.3, -0.25) is 0 Å². The van der Waals surface area contributed by atoms with Crippen molar-refractivity contribution in [2.24, 2.45) is 5.92 Å². The molecule has 1 unspecified atom stereocenters. The molecule has 0 aromatic carbocycles. The van der Waals surface area contributed by atoms with Crippen LogP contribution in [-0.4, -0.2) is 31.9 Å². The van der Waals surface area contributed by atoms with Crippen LogP contribution in [0.15, 0.2) is 0 Å². The molecule has 6 nitrogen and oxygen atoms in total. The van der Waals surface area contributed by atoms with Crippen LogP contribution in [0.4, 0.5) is 4.79 Å². The third-order valence-electron chi connectivity index (χ3n) is 4.95. The number of carbonyl (C=O) groups is 1. The molecule has 1 atom stereocenters. The number of ether oxygens (including phenoxy) is 1. The Morgan fingerprint density at radius 1 is 1.32 bits per heavy atom. The van der Waals surface area contributed by atoms with E-state index in [1.807, 2.05) is 34.6 Å². The van der Waals surface area contributed by atoms with Gasteiger partial charge in [-0.25, -0.2) is 9.78 Å². The van der Waals surface area contributed by atoms with Gasteiger partial charge in [-0.1, -0.05) is 13.8 Å². The summed E-state index contributed by atoms with van der Waals surface area (Å²) < 4.78 is 9.58. The van der Waals surface area contributed by atoms with Gasteiger partial charge in [0.1, 0.15) is 24.9 Å². The number of carbonyl (C=O) groups excluding carboxylic acids is 1. The van der Waals surface area contributed by atoms with Crippen molar-refractivity contribution in [3.05, 3.63) is 13.2 Å². The van der Waals surface area contributed by atoms with Crippen LogP contribution in [0.5, 0.6) is 0 Å². The van der Waals surface area contributed by atoms with Crippen molar-refractivity contribution in [2.45, 2.75) is 76.7 Å². The molecule has 3 aliphatic rings. The van der Waals surface area contributed by atoms with Crippen molar-refractivity contribution in [1.29, 1.82) is 0 Å². The topological polar surface area (TPSA) is 76.4 Å². The minimum absolute atomic E-state index is 0.0346. The van der Waals surface area contributed by atoms with E-state index in [0.29, 0.717) is 0 Å². The van der Waals surface area contributed by atoms with Gasteiger partial charge in [-0.2, -0.15) is 0 Å². The number of hydrogen-bond acceptors (Lipinski definition) is 4. The smallest absolute Gasteiger partial charge is 0.408 e. The zero-order valence-electron chi connectivity index (χ0n) is 15.2. The predicted molar refractivity (Wildman–Crippen MR) is 111 cm³/mol. The minimum atomic E-state index is -0.583. The molecule has 2 bridgehead atoms. The number of halogens is 2. The lowest BCUT2D eigenvalue weighted by Crippen LogP contribution is -2.79. The number of nitrogens with one attached hydrogen (secondary N) is 1. The fraction of sp³-hybridized carbons (Fsp3) is 0.765. The van der Waals surface area contributed by atoms with Crippen LogP contribution in [0.2, 0.25) is 0 Å². The van der Waals surface area contributed by atoms with Crippen molar-refractivity contribution in [1.82, 2.24) is 14.9 Å². The van der Waals surface area contributed by atoms with Gasteiger partial charge < -0.3 is 19.7 Å². The van der Waals surface area contributed by atoms with Crippen LogP contribution in [0.3, 0.4) is 0 Å². The van der Waals surface area contributed by atoms with E-state index in [-0.39, 0.29) is 23.1 Å². The van der Waals surface area contributed by atoms with Crippen LogP contribution in [0.1, 0.15) is 65.8 Å². The molecule has 0 aliphatic heterocycles. The van der Waals surface area contributed by atoms with Gasteiger partial charge in [0.25, 0.3) is 0 Å². The second-order valence-electron chi connectivity index (χ2n) is 8.74. The largest absolute Gasteiger partial charge is 0.444 e. The number of rotatable bonds is 4. The molecule has 1 aromatic heterocycles. The van der Waals surface area contributed by atoms with Crippen molar-refractivity contribution in [3.8, 4) is 0 Å². The number of aliphatic hydroxyl groups excluding tert-OH is 1. The molecule has 4 rings (SSSR count). The van der Waals surface area contributed by atoms with Crippen LogP contribution in [0, 0.1) is 13.3 Å². The van der Waals surface area contributed by atoms with Gasteiger partial charge in [-0.15, -0.1) is 0 Å². The van der Waals surface area contributed by atoms with E-state index in [9.17, 15) is 9.90 Å². The average molecular weight is 573 g/mol. The van der Waals surface area contributed by atoms with Crippen molar-refractivity contribution in [2.75, 3.05) is 0 Å². The molecule has 0 radical (unpaired) electrons. The van der Waals surface area contributed by atoms with Crippen LogP contribution in [-0.2, 0) is 10.3 Å². The molecule has 1 aromatic rings. The van der Waals surface area contributed by atoms with E-state index in [4.69, 9.17) is 4.74 Å². The summed E-state index contributed by atoms with van der Waals surface area (Å²) in [5, 5.41) is 13.6. The Morgan fingerprint density at radius 2 is 1.88 bits per heavy atom. The summed E-state index contributed by atoms with van der Waals surface area (Å²) in [6, 6.07) is 0. The zero-order chi connectivity index (χ0) is 18.8. The molecular formula is C17H25I2N3O3. The Morgan fingerprint density at radius 3 is 2.36 bits per heavy atom. The number of aromatic nitrogens is 2. The SMILES string of the molecule is CC(C)C(O)c1nc(I)c(I)n1C12CC(NC(=O)OC(C)(C)C)(C1)C2. The first kappa shape index (κ1) is 19.7. The number of aliphatic hydroxyl groups is 1. The number of hydrogen-bond donors (Lipinski definition) is 2. The molecular weight excluding hydrogens is 548 g/mol. The quantitative estimate of drug-likeness (QED) is 0.536. The summed E-state index contributed by atoms with van der Waals surface area (Å²) in [5.41, 5.74) is -0.690. The summed E-state index contributed by atoms with van der Waals surface area (Å²) in [7, 11) is 0. The normalized spacial score (nSPS) is 29.0. The molecule has 1 heterocycles. The van der Waals surface area contributed by atoms with E-state index in [1.54, 1.807) is 0 Å². The van der Waals surface area contributed by atoms with Crippen molar-refractivity contribution in [3.63, 3.8) is 0 Å². The standard InChI is InChI=1S/C17H25I2N3O3/c1-9(2)10(23)13-20-11(18)12(19)22(13)17-6-16(7-17,8-17)21-14(24)25-15(3,4)5/h9-10,23H,6-8H2,1-5H3,(H,21,24). The maximum Gasteiger partial charge on any atom is 0.408 e. The maximum absolute atomic E-state index is 12.1. The lowest BCUT2D eigenvalue weighted by Gasteiger charge is -2.70. The third kappa shape index (κ3) is 3.42. The van der Waals surface area contributed by atoms with E-state index < -0.39 is 11.7 Å². The van der Waals surface area contributed by atoms with Crippen LogP contribution < -0.4 is 5.32 Å². The molecule has 140 valence electrons. The molecule has 8 heteroatoms. The maximum atomic E-state index is 12.1. The summed E-state index contributed by atoms with van der Waals surface area (Å²) >= 11 is 4.53. The number of nitrogens with zero attached hydrogens (tertiary/aromatic N) is 2. The molecule has 2 N–H and O–H groups in total. The summed E-state index contributed by atoms with van der Waals surface area (Å²) in [4.78, 5) is 16.7. The molecule has 25 heavy (non-hydrogen) atoms. The zero-order valence-corrected chi connectivity index (χ0v) is 19.5. The fourth-order valence-corrected chi connectivity index (χ4v) is 5.33. The van der Waals surface area contributed by atoms with Gasteiger partial charge in [0, 0.05) is 0 Å². The van der Waals surface area contributed by atoms with E-state index in [2.05, 4.69) is 60.0 Å². The first-order valence-corrected chi connectivity index (χ1v) is 10.7. The first-order chi connectivity index (χ1) is 11.4. The number of amides is 1. The molecule has 3 saturated carbocycles. The third-order valence-corrected chi connectivity index (χ3v) is 7.72. The van der Waals surface area contributed by atoms with E-state index in [0.717, 1.165) is 32.5 Å². The highest BCUT2D eigenvalue weighted by Gasteiger charge is 2.71. The van der Waals surface area contributed by atoms with Crippen molar-refractivity contribution >= 4 is 51.3 Å². The van der Waals surface area contributed by atoms with Crippen LogP contribution in [0.25, 0.3) is 0 Å². The Bertz CT molecular complexity index is 689. The minimum Gasteiger partial charge on any atom is -0.444 e. The lowest BCUT2D eigenvalue weighted by molar-refractivity contribution is -0.141. The molecule has 3 aliphatic carbocycles. The van der Waals surface area contributed by atoms with Gasteiger partial charge >= 0.3 is 6.09 Å². The Labute approximate surface area is 175 Å². The summed E-state index contributed by atoms with van der Waals surface area (Å²) in [6.07, 6.45) is 1.65. The Balaban J connectivity index is 1.75. The van der Waals surface area contributed by atoms with E-state index >= 15 is 0 Å². The van der Waals surface area contributed by atoms with Gasteiger partial charge in [-0.05, 0) is 91.1 Å². The van der Waals surface area contributed by atoms with E-state index in [1.165, 1.54) is 0 Å². The van der Waals surface area contributed by atoms with Gasteiger partial charge in [0.15, 0.2) is 0 Å². The lowest BCUT2D eigenvalue weighted by atomic mass is 9.44. The van der Waals surface area contributed by atoms with Gasteiger partial charge in [0.2, 0.25) is 0 Å². The average Bonchev–Trinajstić information content (AvgIpc) is 2.66. The molecule has 0 spiro atoms. The number of imidazole rings is 1. The van der Waals surface area contributed by atoms with Gasteiger partial charge in [0.05, 0.1) is 11.1 Å². The Kier molecular flexibility index (Phi) is 4.89. The summed E-state index contributed by atoms with van der Waals surface area (Å²) in [6.45, 7) is 9.59. The predicted octanol–water partition coefficient (Wildman–Crippen LogP) is 3.94. The summed E-state index contributed by atoms with van der Waals surface area (Å²) in [5.74, 6) is 0.850. The fourth-order valence-electron chi connectivity index (χ4n) is 3.96. The molecule has 1 amide bonds. The second-order valence-corrected chi connectivity index (χ2v) is 10.8. The highest BCUT2D eigenvalue weighted by atomic mass is 127. The molecule has 0 saturated heterocycles. The second kappa shape index (κ2) is 6.22. The first-order valence-electron chi connectivity index (χ1n) is 8.51. The Hall–Kier alpha value is -0.100. The van der Waals surface area contributed by atoms with Crippen molar-refractivity contribution < 1.29 is 14.6 Å². The molecule has 3 fully saturated rings. The highest BCUT2D eigenvalue weighted by Crippen LogP contribution is 2.66. The van der Waals surface area contributed by atoms with Crippen LogP contribution >= 0.6 is 45.2 Å². The monoisotopic (exact) mass is 573 g/mol.